The van der Waals surface area contributed by atoms with E-state index in [9.17, 15) is 9.18 Å². The van der Waals surface area contributed by atoms with Crippen LogP contribution in [0.1, 0.15) is 15.9 Å². The summed E-state index contributed by atoms with van der Waals surface area (Å²) in [5, 5.41) is 2.95. The molecule has 1 N–H and O–H groups in total. The minimum Gasteiger partial charge on any atom is -0.367 e. The van der Waals surface area contributed by atoms with Crippen LogP contribution < -0.4 is 10.2 Å². The minimum atomic E-state index is -0.455. The van der Waals surface area contributed by atoms with Gasteiger partial charge in [0.25, 0.3) is 5.91 Å². The SMILES string of the molecule is O=C(Nc1ccccc1N1CCN(CCc2ccncc2)CC1)c1ccc(Br)c(F)c1. The normalized spacial score (nSPS) is 14.5. The Morgan fingerprint density at radius 1 is 1.03 bits per heavy atom. The quantitative estimate of drug-likeness (QED) is 0.557. The maximum atomic E-state index is 13.8. The van der Waals surface area contributed by atoms with Crippen LogP contribution in [0, 0.1) is 5.82 Å². The summed E-state index contributed by atoms with van der Waals surface area (Å²) >= 11 is 3.12. The lowest BCUT2D eigenvalue weighted by atomic mass is 10.1. The van der Waals surface area contributed by atoms with Crippen LogP contribution in [0.25, 0.3) is 0 Å². The van der Waals surface area contributed by atoms with E-state index in [-0.39, 0.29) is 11.5 Å². The third-order valence-electron chi connectivity index (χ3n) is 5.51. The summed E-state index contributed by atoms with van der Waals surface area (Å²) < 4.78 is 14.2. The van der Waals surface area contributed by atoms with Crippen LogP contribution >= 0.6 is 15.9 Å². The second-order valence-corrected chi connectivity index (χ2v) is 8.39. The molecule has 5 nitrogen and oxygen atoms in total. The monoisotopic (exact) mass is 482 g/mol. The molecule has 4 rings (SSSR count). The van der Waals surface area contributed by atoms with E-state index in [4.69, 9.17) is 0 Å². The van der Waals surface area contributed by atoms with Crippen LogP contribution in [-0.4, -0.2) is 48.5 Å². The number of amides is 1. The smallest absolute Gasteiger partial charge is 0.255 e. The highest BCUT2D eigenvalue weighted by atomic mass is 79.9. The molecule has 2 heterocycles. The molecule has 7 heteroatoms. The van der Waals surface area contributed by atoms with Crippen molar-refractivity contribution in [2.24, 2.45) is 0 Å². The Hall–Kier alpha value is -2.77. The Bertz CT molecular complexity index is 1040. The summed E-state index contributed by atoms with van der Waals surface area (Å²) in [7, 11) is 0. The molecular weight excluding hydrogens is 459 g/mol. The number of pyridine rings is 1. The van der Waals surface area contributed by atoms with E-state index in [0.717, 1.165) is 50.5 Å². The predicted octanol–water partition coefficient (Wildman–Crippen LogP) is 4.60. The number of benzene rings is 2. The number of carbonyl (C=O) groups is 1. The highest BCUT2D eigenvalue weighted by Crippen LogP contribution is 2.27. The minimum absolute atomic E-state index is 0.288. The molecule has 31 heavy (non-hydrogen) atoms. The fourth-order valence-corrected chi connectivity index (χ4v) is 3.98. The van der Waals surface area contributed by atoms with Gasteiger partial charge in [-0.25, -0.2) is 4.39 Å². The number of carbonyl (C=O) groups excluding carboxylic acids is 1. The first-order chi connectivity index (χ1) is 15.1. The first-order valence-electron chi connectivity index (χ1n) is 10.3. The van der Waals surface area contributed by atoms with Crippen molar-refractivity contribution in [3.63, 3.8) is 0 Å². The molecule has 2 aromatic carbocycles. The molecule has 0 bridgehead atoms. The van der Waals surface area contributed by atoms with E-state index in [1.165, 1.54) is 11.6 Å². The number of anilines is 2. The topological polar surface area (TPSA) is 48.5 Å². The molecule has 0 aliphatic carbocycles. The molecule has 1 fully saturated rings. The summed E-state index contributed by atoms with van der Waals surface area (Å²) in [6.07, 6.45) is 4.68. The van der Waals surface area contributed by atoms with Crippen molar-refractivity contribution >= 4 is 33.2 Å². The number of halogens is 2. The van der Waals surface area contributed by atoms with E-state index in [0.29, 0.717) is 4.47 Å². The first-order valence-corrected chi connectivity index (χ1v) is 11.1. The molecule has 3 aromatic rings. The number of hydrogen-bond donors (Lipinski definition) is 1. The van der Waals surface area contributed by atoms with Crippen LogP contribution in [0.5, 0.6) is 0 Å². The predicted molar refractivity (Wildman–Crippen MR) is 125 cm³/mol. The molecular formula is C24H24BrFN4O. The zero-order valence-electron chi connectivity index (χ0n) is 17.1. The van der Waals surface area contributed by atoms with E-state index in [2.05, 4.69) is 48.2 Å². The average molecular weight is 483 g/mol. The largest absolute Gasteiger partial charge is 0.367 e. The summed E-state index contributed by atoms with van der Waals surface area (Å²) in [6.45, 7) is 4.72. The van der Waals surface area contributed by atoms with Gasteiger partial charge in [0.15, 0.2) is 0 Å². The Morgan fingerprint density at radius 3 is 2.52 bits per heavy atom. The van der Waals surface area contributed by atoms with Crippen LogP contribution in [-0.2, 0) is 6.42 Å². The van der Waals surface area contributed by atoms with Crippen molar-refractivity contribution < 1.29 is 9.18 Å². The number of piperazine rings is 1. The molecule has 1 aromatic heterocycles. The maximum absolute atomic E-state index is 13.8. The lowest BCUT2D eigenvalue weighted by Crippen LogP contribution is -2.47. The highest BCUT2D eigenvalue weighted by Gasteiger charge is 2.20. The molecule has 1 aliphatic heterocycles. The molecule has 0 radical (unpaired) electrons. The van der Waals surface area contributed by atoms with Crippen molar-refractivity contribution in [3.05, 3.63) is 88.4 Å². The lowest BCUT2D eigenvalue weighted by molar-refractivity contribution is 0.102. The number of nitrogens with zero attached hydrogens (tertiary/aromatic N) is 3. The first kappa shape index (κ1) is 21.5. The number of hydrogen-bond acceptors (Lipinski definition) is 4. The van der Waals surface area contributed by atoms with Gasteiger partial charge in [0.2, 0.25) is 0 Å². The second-order valence-electron chi connectivity index (χ2n) is 7.53. The summed E-state index contributed by atoms with van der Waals surface area (Å²) in [5.41, 5.74) is 3.31. The van der Waals surface area contributed by atoms with Gasteiger partial charge in [0, 0.05) is 50.7 Å². The van der Waals surface area contributed by atoms with E-state index < -0.39 is 5.82 Å². The number of rotatable bonds is 6. The molecule has 0 spiro atoms. The van der Waals surface area contributed by atoms with Gasteiger partial charge in [0.1, 0.15) is 5.82 Å². The van der Waals surface area contributed by atoms with Crippen molar-refractivity contribution in [1.82, 2.24) is 9.88 Å². The van der Waals surface area contributed by atoms with Gasteiger partial charge in [-0.1, -0.05) is 12.1 Å². The summed E-state index contributed by atoms with van der Waals surface area (Å²) in [4.78, 5) is 21.5. The zero-order chi connectivity index (χ0) is 21.6. The second kappa shape index (κ2) is 10.0. The molecule has 160 valence electrons. The summed E-state index contributed by atoms with van der Waals surface area (Å²) in [5.74, 6) is -0.779. The molecule has 1 amide bonds. The third kappa shape index (κ3) is 5.48. The number of para-hydroxylation sites is 2. The molecule has 0 saturated carbocycles. The molecule has 1 saturated heterocycles. The number of nitrogens with one attached hydrogen (secondary N) is 1. The van der Waals surface area contributed by atoms with Gasteiger partial charge >= 0.3 is 0 Å². The summed E-state index contributed by atoms with van der Waals surface area (Å²) in [6, 6.07) is 16.3. The van der Waals surface area contributed by atoms with E-state index in [1.807, 2.05) is 36.7 Å². The van der Waals surface area contributed by atoms with Crippen LogP contribution in [0.15, 0.2) is 71.5 Å². The van der Waals surface area contributed by atoms with E-state index >= 15 is 0 Å². The van der Waals surface area contributed by atoms with Crippen molar-refractivity contribution in [2.75, 3.05) is 42.9 Å². The standard InChI is InChI=1S/C24H24BrFN4O/c25-20-6-5-19(17-21(20)26)24(31)28-22-3-1-2-4-23(22)30-15-13-29(14-16-30)12-9-18-7-10-27-11-8-18/h1-8,10-11,17H,9,12-16H2,(H,28,31). The van der Waals surface area contributed by atoms with Gasteiger partial charge in [0.05, 0.1) is 15.8 Å². The van der Waals surface area contributed by atoms with Crippen LogP contribution in [0.4, 0.5) is 15.8 Å². The van der Waals surface area contributed by atoms with Crippen molar-refractivity contribution in [2.45, 2.75) is 6.42 Å². The van der Waals surface area contributed by atoms with Gasteiger partial charge in [-0.3, -0.25) is 14.7 Å². The molecule has 0 unspecified atom stereocenters. The maximum Gasteiger partial charge on any atom is 0.255 e. The highest BCUT2D eigenvalue weighted by molar-refractivity contribution is 9.10. The average Bonchev–Trinajstić information content (AvgIpc) is 2.81. The zero-order valence-corrected chi connectivity index (χ0v) is 18.7. The number of aromatic nitrogens is 1. The molecule has 1 aliphatic rings. The van der Waals surface area contributed by atoms with Gasteiger partial charge in [-0.15, -0.1) is 0 Å². The fraction of sp³-hybridized carbons (Fsp3) is 0.250. The fourth-order valence-electron chi connectivity index (χ4n) is 3.74. The Labute approximate surface area is 190 Å². The van der Waals surface area contributed by atoms with Gasteiger partial charge in [-0.05, 0) is 70.4 Å². The Morgan fingerprint density at radius 2 is 1.77 bits per heavy atom. The van der Waals surface area contributed by atoms with Crippen LogP contribution in [0.3, 0.4) is 0 Å². The van der Waals surface area contributed by atoms with Gasteiger partial charge in [-0.2, -0.15) is 0 Å². The van der Waals surface area contributed by atoms with E-state index in [1.54, 1.807) is 12.1 Å². The third-order valence-corrected chi connectivity index (χ3v) is 6.16. The lowest BCUT2D eigenvalue weighted by Gasteiger charge is -2.37. The van der Waals surface area contributed by atoms with Crippen LogP contribution in [0.2, 0.25) is 0 Å². The Balaban J connectivity index is 1.37. The Kier molecular flexibility index (Phi) is 6.94. The van der Waals surface area contributed by atoms with Crippen molar-refractivity contribution in [1.29, 1.82) is 0 Å². The molecule has 0 atom stereocenters. The van der Waals surface area contributed by atoms with Crippen molar-refractivity contribution in [3.8, 4) is 0 Å². The van der Waals surface area contributed by atoms with Gasteiger partial charge < -0.3 is 10.2 Å².